The van der Waals surface area contributed by atoms with E-state index < -0.39 is 4.92 Å². The lowest BCUT2D eigenvalue weighted by Crippen LogP contribution is -1.94. The van der Waals surface area contributed by atoms with Crippen LogP contribution in [0.15, 0.2) is 23.4 Å². The molecule has 0 aliphatic carbocycles. The number of methoxy groups -OCH3 is 1. The zero-order valence-electron chi connectivity index (χ0n) is 7.30. The third-order valence-corrected chi connectivity index (χ3v) is 1.56. The van der Waals surface area contributed by atoms with Crippen LogP contribution in [0.25, 0.3) is 5.53 Å². The first kappa shape index (κ1) is 9.90. The Morgan fingerprint density at radius 2 is 2.36 bits per heavy atom. The summed E-state index contributed by atoms with van der Waals surface area (Å²) >= 11 is 0. The first-order chi connectivity index (χ1) is 6.69. The number of hydrogen-bond acceptors (Lipinski definition) is 4. The minimum atomic E-state index is -0.554. The molecule has 0 bridgehead atoms. The Bertz CT molecular complexity index is 366. The number of nitro groups is 1. The van der Waals surface area contributed by atoms with E-state index in [1.165, 1.54) is 25.3 Å². The molecule has 1 aromatic rings. The van der Waals surface area contributed by atoms with E-state index in [4.69, 9.17) is 10.3 Å². The quantitative estimate of drug-likeness (QED) is 0.450. The fourth-order valence-corrected chi connectivity index (χ4v) is 0.951. The third kappa shape index (κ3) is 1.94. The zero-order valence-corrected chi connectivity index (χ0v) is 7.30. The van der Waals surface area contributed by atoms with Gasteiger partial charge in [-0.05, 0) is 6.07 Å². The van der Waals surface area contributed by atoms with Crippen LogP contribution in [0.1, 0.15) is 0 Å². The number of nitrogens with zero attached hydrogens (tertiary/aromatic N) is 3. The van der Waals surface area contributed by atoms with Crippen LogP contribution in [-0.4, -0.2) is 12.0 Å². The van der Waals surface area contributed by atoms with Gasteiger partial charge < -0.3 is 15.7 Å². The van der Waals surface area contributed by atoms with E-state index >= 15 is 0 Å². The van der Waals surface area contributed by atoms with Gasteiger partial charge in [-0.1, -0.05) is 0 Å². The number of non-ortho nitro benzene ring substituents is 1. The molecule has 7 heteroatoms. The Morgan fingerprint density at radius 1 is 1.64 bits per heavy atom. The lowest BCUT2D eigenvalue weighted by atomic mass is 10.2. The van der Waals surface area contributed by atoms with E-state index in [-0.39, 0.29) is 11.4 Å². The molecule has 0 atom stereocenters. The van der Waals surface area contributed by atoms with Crippen LogP contribution in [0.4, 0.5) is 11.4 Å². The predicted molar refractivity (Wildman–Crippen MR) is 49.1 cm³/mol. The molecule has 1 aromatic carbocycles. The van der Waals surface area contributed by atoms with Gasteiger partial charge in [-0.2, -0.15) is 0 Å². The SMILES string of the molecule is COc1ccc([N+](=O)[O-])cc1NN=[N-]. The standard InChI is InChI=1S/C7H7N4O3/c1-14-7-3-2-5(11(12)13)4-6(7)9-10-8/h2-4H,1H3,(H-,8,9)/q-1. The third-order valence-electron chi connectivity index (χ3n) is 1.56. The van der Waals surface area contributed by atoms with Gasteiger partial charge in [0.2, 0.25) is 0 Å². The Balaban J connectivity index is 3.13. The van der Waals surface area contributed by atoms with E-state index in [9.17, 15) is 10.1 Å². The zero-order chi connectivity index (χ0) is 10.6. The van der Waals surface area contributed by atoms with Crippen LogP contribution in [0, 0.1) is 10.1 Å². The topological polar surface area (TPSA) is 99.1 Å². The van der Waals surface area contributed by atoms with Gasteiger partial charge in [0.1, 0.15) is 5.75 Å². The number of benzene rings is 1. The molecule has 0 aromatic heterocycles. The van der Waals surface area contributed by atoms with Crippen LogP contribution in [0.5, 0.6) is 5.75 Å². The number of anilines is 1. The van der Waals surface area contributed by atoms with E-state index in [0.717, 1.165) is 0 Å². The minimum Gasteiger partial charge on any atom is -0.496 e. The lowest BCUT2D eigenvalue weighted by Gasteiger charge is -2.10. The van der Waals surface area contributed by atoms with Crippen molar-refractivity contribution in [3.05, 3.63) is 33.8 Å². The summed E-state index contributed by atoms with van der Waals surface area (Å²) in [6.07, 6.45) is 0. The maximum absolute atomic E-state index is 10.4. The summed E-state index contributed by atoms with van der Waals surface area (Å²) in [7, 11) is 1.41. The van der Waals surface area contributed by atoms with Gasteiger partial charge in [0.25, 0.3) is 5.69 Å². The molecule has 0 aliphatic heterocycles. The molecule has 0 saturated carbocycles. The van der Waals surface area contributed by atoms with Crippen LogP contribution < -0.4 is 10.2 Å². The van der Waals surface area contributed by atoms with Crippen LogP contribution in [0.3, 0.4) is 0 Å². The Labute approximate surface area is 79.3 Å². The molecule has 0 fully saturated rings. The molecular formula is C7H7N4O3-. The van der Waals surface area contributed by atoms with Crippen molar-refractivity contribution in [1.82, 2.24) is 0 Å². The van der Waals surface area contributed by atoms with E-state index in [2.05, 4.69) is 10.6 Å². The van der Waals surface area contributed by atoms with Crippen LogP contribution >= 0.6 is 0 Å². The summed E-state index contributed by atoms with van der Waals surface area (Å²) in [5, 5.41) is 13.1. The fraction of sp³-hybridized carbons (Fsp3) is 0.143. The Kier molecular flexibility index (Phi) is 2.95. The molecule has 1 N–H and O–H groups in total. The first-order valence-corrected chi connectivity index (χ1v) is 3.61. The van der Waals surface area contributed by atoms with Crippen molar-refractivity contribution in [3.8, 4) is 5.75 Å². The second-order valence-corrected chi connectivity index (χ2v) is 2.35. The van der Waals surface area contributed by atoms with Gasteiger partial charge in [-0.25, -0.2) is 0 Å². The van der Waals surface area contributed by atoms with Crippen molar-refractivity contribution in [3.63, 3.8) is 0 Å². The maximum Gasteiger partial charge on any atom is 0.269 e. The summed E-state index contributed by atoms with van der Waals surface area (Å²) in [5.41, 5.74) is 10.5. The van der Waals surface area contributed by atoms with Gasteiger partial charge in [-0.15, -0.1) is 0 Å². The molecule has 1 rings (SSSR count). The highest BCUT2D eigenvalue weighted by molar-refractivity contribution is 5.61. The molecule has 0 amide bonds. The summed E-state index contributed by atoms with van der Waals surface area (Å²) in [5.74, 6) is 0.355. The highest BCUT2D eigenvalue weighted by atomic mass is 16.6. The van der Waals surface area contributed by atoms with Gasteiger partial charge >= 0.3 is 0 Å². The van der Waals surface area contributed by atoms with Crippen LogP contribution in [-0.2, 0) is 0 Å². The smallest absolute Gasteiger partial charge is 0.269 e. The number of hydrogen-bond donors (Lipinski definition) is 1. The van der Waals surface area contributed by atoms with Crippen LogP contribution in [0.2, 0.25) is 0 Å². The van der Waals surface area contributed by atoms with Crippen molar-refractivity contribution >= 4 is 11.4 Å². The molecule has 0 unspecified atom stereocenters. The molecule has 14 heavy (non-hydrogen) atoms. The van der Waals surface area contributed by atoms with Crippen molar-refractivity contribution in [2.45, 2.75) is 0 Å². The highest BCUT2D eigenvalue weighted by Gasteiger charge is 2.07. The Hall–Kier alpha value is -2.18. The van der Waals surface area contributed by atoms with E-state index in [1.54, 1.807) is 0 Å². The van der Waals surface area contributed by atoms with Crippen molar-refractivity contribution < 1.29 is 9.66 Å². The van der Waals surface area contributed by atoms with Gasteiger partial charge in [0.05, 0.1) is 12.0 Å². The average molecular weight is 195 g/mol. The largest absolute Gasteiger partial charge is 0.496 e. The fourth-order valence-electron chi connectivity index (χ4n) is 0.951. The van der Waals surface area contributed by atoms with Gasteiger partial charge in [0.15, 0.2) is 0 Å². The molecule has 0 saturated heterocycles. The van der Waals surface area contributed by atoms with Crippen molar-refractivity contribution in [2.75, 3.05) is 12.5 Å². The normalized spacial score (nSPS) is 9.21. The molecular weight excluding hydrogens is 188 g/mol. The molecule has 7 nitrogen and oxygen atoms in total. The van der Waals surface area contributed by atoms with E-state index in [1.807, 2.05) is 0 Å². The summed E-state index contributed by atoms with van der Waals surface area (Å²) < 4.78 is 4.88. The lowest BCUT2D eigenvalue weighted by molar-refractivity contribution is -0.384. The van der Waals surface area contributed by atoms with Crippen molar-refractivity contribution in [2.24, 2.45) is 5.22 Å². The predicted octanol–water partition coefficient (Wildman–Crippen LogP) is 1.95. The first-order valence-electron chi connectivity index (χ1n) is 3.61. The number of rotatable bonds is 4. The second kappa shape index (κ2) is 4.17. The van der Waals surface area contributed by atoms with Gasteiger partial charge in [-0.3, -0.25) is 15.3 Å². The number of ether oxygens (including phenoxy) is 1. The highest BCUT2D eigenvalue weighted by Crippen LogP contribution is 2.28. The molecule has 0 heterocycles. The maximum atomic E-state index is 10.4. The molecule has 0 radical (unpaired) electrons. The molecule has 0 aliphatic rings. The average Bonchev–Trinajstić information content (AvgIpc) is 2.18. The van der Waals surface area contributed by atoms with Crippen molar-refractivity contribution in [1.29, 1.82) is 0 Å². The molecule has 74 valence electrons. The summed E-state index contributed by atoms with van der Waals surface area (Å²) in [4.78, 5) is 9.85. The number of nitrogens with one attached hydrogen (secondary N) is 1. The molecule has 0 spiro atoms. The van der Waals surface area contributed by atoms with E-state index in [0.29, 0.717) is 5.75 Å². The second-order valence-electron chi connectivity index (χ2n) is 2.35. The van der Waals surface area contributed by atoms with Gasteiger partial charge in [0, 0.05) is 17.8 Å². The summed E-state index contributed by atoms with van der Waals surface area (Å²) in [6, 6.07) is 3.91. The Morgan fingerprint density at radius 3 is 2.86 bits per heavy atom. The minimum absolute atomic E-state index is 0.114. The number of nitro benzene ring substituents is 1. The monoisotopic (exact) mass is 195 g/mol. The summed E-state index contributed by atoms with van der Waals surface area (Å²) in [6.45, 7) is 0.